The normalized spacial score (nSPS) is 15.2. The third kappa shape index (κ3) is 2.78. The molecule has 0 saturated heterocycles. The zero-order chi connectivity index (χ0) is 12.4. The maximum atomic E-state index is 12.0. The molecule has 1 aromatic rings. The lowest BCUT2D eigenvalue weighted by Gasteiger charge is -2.15. The fourth-order valence-electron chi connectivity index (χ4n) is 2.16. The summed E-state index contributed by atoms with van der Waals surface area (Å²) in [5.41, 5.74) is 3.14. The lowest BCUT2D eigenvalue weighted by molar-refractivity contribution is -0.119. The molecule has 0 aliphatic heterocycles. The summed E-state index contributed by atoms with van der Waals surface area (Å²) in [5, 5.41) is 3.05. The van der Waals surface area contributed by atoms with E-state index < -0.39 is 0 Å². The number of benzene rings is 1. The number of carbonyl (C=O) groups excluding carboxylic acids is 1. The fourth-order valence-corrected chi connectivity index (χ4v) is 2.85. The molecule has 1 aliphatic carbocycles. The molecule has 0 spiro atoms. The molecule has 0 atom stereocenters. The van der Waals surface area contributed by atoms with E-state index >= 15 is 0 Å². The zero-order valence-corrected chi connectivity index (χ0v) is 11.7. The quantitative estimate of drug-likeness (QED) is 0.822. The molecule has 2 rings (SSSR count). The number of halogens is 1. The van der Waals surface area contributed by atoms with Crippen LogP contribution in [0.1, 0.15) is 24.0 Å². The number of carbonyl (C=O) groups is 1. The molecule has 0 heterocycles. The Morgan fingerprint density at radius 2 is 1.76 bits per heavy atom. The van der Waals surface area contributed by atoms with E-state index in [4.69, 9.17) is 0 Å². The number of rotatable bonds is 2. The number of hydrogen-bond acceptors (Lipinski definition) is 1. The highest BCUT2D eigenvalue weighted by molar-refractivity contribution is 9.10. The molecule has 2 nitrogen and oxygen atoms in total. The Hall–Kier alpha value is -1.09. The molecule has 1 N–H and O–H groups in total. The van der Waals surface area contributed by atoms with Gasteiger partial charge in [0.05, 0.1) is 0 Å². The number of nitrogens with one attached hydrogen (secondary N) is 1. The van der Waals surface area contributed by atoms with E-state index in [-0.39, 0.29) is 11.8 Å². The number of allylic oxidation sites excluding steroid dienone is 2. The second kappa shape index (κ2) is 5.05. The Kier molecular flexibility index (Phi) is 3.67. The van der Waals surface area contributed by atoms with Crippen molar-refractivity contribution in [3.8, 4) is 0 Å². The van der Waals surface area contributed by atoms with Crippen LogP contribution in [-0.4, -0.2) is 5.91 Å². The Balaban J connectivity index is 2.15. The Labute approximate surface area is 110 Å². The van der Waals surface area contributed by atoms with Crippen molar-refractivity contribution < 1.29 is 4.79 Å². The third-order valence-corrected chi connectivity index (χ3v) is 3.58. The van der Waals surface area contributed by atoms with E-state index in [0.717, 1.165) is 34.1 Å². The molecule has 0 saturated carbocycles. The monoisotopic (exact) mass is 293 g/mol. The van der Waals surface area contributed by atoms with Crippen LogP contribution in [0.25, 0.3) is 0 Å². The van der Waals surface area contributed by atoms with E-state index in [0.29, 0.717) is 0 Å². The van der Waals surface area contributed by atoms with Crippen LogP contribution in [0, 0.1) is 19.8 Å². The molecule has 0 fully saturated rings. The highest BCUT2D eigenvalue weighted by Gasteiger charge is 2.20. The minimum Gasteiger partial charge on any atom is -0.325 e. The minimum atomic E-state index is 0.109. The van der Waals surface area contributed by atoms with Gasteiger partial charge in [-0.05, 0) is 49.9 Å². The van der Waals surface area contributed by atoms with Gasteiger partial charge in [-0.1, -0.05) is 28.1 Å². The van der Waals surface area contributed by atoms with Crippen molar-refractivity contribution in [2.24, 2.45) is 5.92 Å². The first-order valence-electron chi connectivity index (χ1n) is 5.80. The maximum Gasteiger partial charge on any atom is 0.228 e. The van der Waals surface area contributed by atoms with Gasteiger partial charge in [-0.25, -0.2) is 0 Å². The van der Waals surface area contributed by atoms with Crippen molar-refractivity contribution in [2.45, 2.75) is 26.7 Å². The summed E-state index contributed by atoms with van der Waals surface area (Å²) in [6.07, 6.45) is 5.87. The molecule has 0 unspecified atom stereocenters. The van der Waals surface area contributed by atoms with E-state index in [1.54, 1.807) is 0 Å². The summed E-state index contributed by atoms with van der Waals surface area (Å²) in [7, 11) is 0. The van der Waals surface area contributed by atoms with Crippen molar-refractivity contribution in [3.63, 3.8) is 0 Å². The highest BCUT2D eigenvalue weighted by atomic mass is 79.9. The molecule has 90 valence electrons. The van der Waals surface area contributed by atoms with Crippen LogP contribution in [0.15, 0.2) is 28.8 Å². The summed E-state index contributed by atoms with van der Waals surface area (Å²) >= 11 is 3.46. The highest BCUT2D eigenvalue weighted by Crippen LogP contribution is 2.27. The first-order chi connectivity index (χ1) is 8.08. The summed E-state index contributed by atoms with van der Waals surface area (Å²) in [4.78, 5) is 12.0. The van der Waals surface area contributed by atoms with Gasteiger partial charge >= 0.3 is 0 Å². The van der Waals surface area contributed by atoms with Crippen LogP contribution in [0.5, 0.6) is 0 Å². The average molecular weight is 294 g/mol. The molecule has 0 radical (unpaired) electrons. The average Bonchev–Trinajstić information content (AvgIpc) is 2.76. The van der Waals surface area contributed by atoms with E-state index in [1.807, 2.05) is 26.0 Å². The molecule has 1 amide bonds. The summed E-state index contributed by atoms with van der Waals surface area (Å²) in [6, 6.07) is 4.05. The molecular formula is C14H16BrNO. The van der Waals surface area contributed by atoms with Gasteiger partial charge in [-0.2, -0.15) is 0 Å². The van der Waals surface area contributed by atoms with Crippen LogP contribution >= 0.6 is 15.9 Å². The van der Waals surface area contributed by atoms with Gasteiger partial charge in [-0.15, -0.1) is 0 Å². The van der Waals surface area contributed by atoms with Crippen LogP contribution < -0.4 is 5.32 Å². The van der Waals surface area contributed by atoms with E-state index in [2.05, 4.69) is 33.4 Å². The van der Waals surface area contributed by atoms with Crippen molar-refractivity contribution in [1.82, 2.24) is 0 Å². The van der Waals surface area contributed by atoms with E-state index in [9.17, 15) is 4.79 Å². The van der Waals surface area contributed by atoms with Gasteiger partial charge in [0, 0.05) is 16.1 Å². The lowest BCUT2D eigenvalue weighted by atomic mass is 10.0. The first kappa shape index (κ1) is 12.4. The lowest BCUT2D eigenvalue weighted by Crippen LogP contribution is -2.21. The molecular weight excluding hydrogens is 278 g/mol. The van der Waals surface area contributed by atoms with Crippen LogP contribution in [0.3, 0.4) is 0 Å². The zero-order valence-electron chi connectivity index (χ0n) is 10.1. The Bertz CT molecular complexity index is 448. The van der Waals surface area contributed by atoms with Crippen molar-refractivity contribution in [3.05, 3.63) is 39.9 Å². The molecule has 1 aliphatic rings. The molecule has 0 bridgehead atoms. The van der Waals surface area contributed by atoms with Crippen molar-refractivity contribution in [2.75, 3.05) is 5.32 Å². The van der Waals surface area contributed by atoms with Gasteiger partial charge in [0.25, 0.3) is 0 Å². The van der Waals surface area contributed by atoms with Crippen LogP contribution in [0.2, 0.25) is 0 Å². The smallest absolute Gasteiger partial charge is 0.228 e. The largest absolute Gasteiger partial charge is 0.325 e. The molecule has 3 heteroatoms. The Morgan fingerprint density at radius 1 is 1.24 bits per heavy atom. The molecule has 17 heavy (non-hydrogen) atoms. The number of hydrogen-bond donors (Lipinski definition) is 1. The minimum absolute atomic E-state index is 0.109. The third-order valence-electron chi connectivity index (χ3n) is 3.12. The summed E-state index contributed by atoms with van der Waals surface area (Å²) in [5.74, 6) is 0.237. The summed E-state index contributed by atoms with van der Waals surface area (Å²) < 4.78 is 1.05. The summed E-state index contributed by atoms with van der Waals surface area (Å²) in [6.45, 7) is 4.03. The second-order valence-corrected chi connectivity index (χ2v) is 5.46. The van der Waals surface area contributed by atoms with Gasteiger partial charge in [0.1, 0.15) is 0 Å². The van der Waals surface area contributed by atoms with Crippen molar-refractivity contribution in [1.29, 1.82) is 0 Å². The van der Waals surface area contributed by atoms with Crippen LogP contribution in [0.4, 0.5) is 5.69 Å². The van der Waals surface area contributed by atoms with Crippen molar-refractivity contribution >= 4 is 27.5 Å². The topological polar surface area (TPSA) is 29.1 Å². The number of anilines is 1. The van der Waals surface area contributed by atoms with Gasteiger partial charge in [0.15, 0.2) is 0 Å². The number of aryl methyl sites for hydroxylation is 2. The number of amides is 1. The standard InChI is InChI=1S/C14H16BrNO/c1-9-7-12(15)8-10(2)13(9)16-14(17)11-5-3-4-6-11/h3-4,7-8,11H,5-6H2,1-2H3,(H,16,17). The first-order valence-corrected chi connectivity index (χ1v) is 6.60. The predicted molar refractivity (Wildman–Crippen MR) is 74.1 cm³/mol. The molecule has 0 aromatic heterocycles. The Morgan fingerprint density at radius 3 is 2.29 bits per heavy atom. The van der Waals surface area contributed by atoms with E-state index in [1.165, 1.54) is 0 Å². The second-order valence-electron chi connectivity index (χ2n) is 4.54. The SMILES string of the molecule is Cc1cc(Br)cc(C)c1NC(=O)C1CC=CC1. The predicted octanol–water partition coefficient (Wildman–Crippen LogP) is 3.97. The van der Waals surface area contributed by atoms with Crippen LogP contribution in [-0.2, 0) is 4.79 Å². The van der Waals surface area contributed by atoms with Gasteiger partial charge in [-0.3, -0.25) is 4.79 Å². The fraction of sp³-hybridized carbons (Fsp3) is 0.357. The molecule has 1 aromatic carbocycles. The van der Waals surface area contributed by atoms with Gasteiger partial charge < -0.3 is 5.32 Å². The van der Waals surface area contributed by atoms with Gasteiger partial charge in [0.2, 0.25) is 5.91 Å². The maximum absolute atomic E-state index is 12.0.